The van der Waals surface area contributed by atoms with Crippen molar-refractivity contribution in [3.05, 3.63) is 33.4 Å². The van der Waals surface area contributed by atoms with Crippen molar-refractivity contribution in [1.82, 2.24) is 5.32 Å². The SMILES string of the molecule is Cl.NCCNC(=O)CCCc1ccc(I)cc1. The lowest BCUT2D eigenvalue weighted by Crippen LogP contribution is -2.28. The second-order valence-corrected chi connectivity index (χ2v) is 4.86. The number of benzene rings is 1. The Hall–Kier alpha value is -0.330. The molecule has 3 nitrogen and oxygen atoms in total. The van der Waals surface area contributed by atoms with Gasteiger partial charge in [0, 0.05) is 23.1 Å². The van der Waals surface area contributed by atoms with Gasteiger partial charge in [0.2, 0.25) is 5.91 Å². The normalized spacial score (nSPS) is 9.53. The smallest absolute Gasteiger partial charge is 0.220 e. The van der Waals surface area contributed by atoms with Gasteiger partial charge < -0.3 is 11.1 Å². The Bertz CT molecular complexity index is 330. The van der Waals surface area contributed by atoms with Crippen LogP contribution in [0.15, 0.2) is 24.3 Å². The summed E-state index contributed by atoms with van der Waals surface area (Å²) in [5, 5.41) is 2.76. The average molecular weight is 369 g/mol. The highest BCUT2D eigenvalue weighted by atomic mass is 127. The quantitative estimate of drug-likeness (QED) is 0.756. The van der Waals surface area contributed by atoms with E-state index < -0.39 is 0 Å². The maximum absolute atomic E-state index is 11.3. The topological polar surface area (TPSA) is 55.1 Å². The molecule has 0 unspecified atom stereocenters. The monoisotopic (exact) mass is 368 g/mol. The standard InChI is InChI=1S/C12H17IN2O.ClH/c13-11-6-4-10(5-7-11)2-1-3-12(16)15-9-8-14;/h4-7H,1-3,8-9,14H2,(H,15,16);1H. The van der Waals surface area contributed by atoms with E-state index in [9.17, 15) is 4.79 Å². The Morgan fingerprint density at radius 2 is 1.94 bits per heavy atom. The van der Waals surface area contributed by atoms with Crippen molar-refractivity contribution in [3.8, 4) is 0 Å². The highest BCUT2D eigenvalue weighted by Crippen LogP contribution is 2.09. The predicted molar refractivity (Wildman–Crippen MR) is 81.4 cm³/mol. The molecule has 0 saturated heterocycles. The molecule has 0 aliphatic rings. The highest BCUT2D eigenvalue weighted by molar-refractivity contribution is 14.1. The third kappa shape index (κ3) is 7.57. The molecule has 0 aliphatic carbocycles. The number of amides is 1. The first-order valence-corrected chi connectivity index (χ1v) is 6.51. The van der Waals surface area contributed by atoms with Crippen LogP contribution >= 0.6 is 35.0 Å². The zero-order chi connectivity index (χ0) is 11.8. The van der Waals surface area contributed by atoms with Gasteiger partial charge in [0.05, 0.1) is 0 Å². The van der Waals surface area contributed by atoms with Gasteiger partial charge in [0.1, 0.15) is 0 Å². The van der Waals surface area contributed by atoms with Gasteiger partial charge >= 0.3 is 0 Å². The van der Waals surface area contributed by atoms with Gasteiger partial charge in [-0.3, -0.25) is 4.79 Å². The lowest BCUT2D eigenvalue weighted by molar-refractivity contribution is -0.121. The molecule has 0 bridgehead atoms. The number of carbonyl (C=O) groups is 1. The van der Waals surface area contributed by atoms with Gasteiger partial charge in [-0.15, -0.1) is 12.4 Å². The fourth-order valence-corrected chi connectivity index (χ4v) is 1.76. The molecular weight excluding hydrogens is 351 g/mol. The van der Waals surface area contributed by atoms with E-state index in [1.165, 1.54) is 9.13 Å². The van der Waals surface area contributed by atoms with E-state index in [-0.39, 0.29) is 18.3 Å². The molecule has 5 heteroatoms. The number of hydrogen-bond acceptors (Lipinski definition) is 2. The molecule has 3 N–H and O–H groups in total. The van der Waals surface area contributed by atoms with Crippen LogP contribution in [0.3, 0.4) is 0 Å². The van der Waals surface area contributed by atoms with Crippen LogP contribution in [0.1, 0.15) is 18.4 Å². The van der Waals surface area contributed by atoms with Crippen molar-refractivity contribution in [3.63, 3.8) is 0 Å². The molecule has 0 aliphatic heterocycles. The van der Waals surface area contributed by atoms with Gasteiger partial charge in [-0.05, 0) is 53.1 Å². The summed E-state index contributed by atoms with van der Waals surface area (Å²) in [4.78, 5) is 11.3. The third-order valence-electron chi connectivity index (χ3n) is 2.25. The minimum atomic E-state index is 0. The second-order valence-electron chi connectivity index (χ2n) is 3.62. The number of nitrogens with one attached hydrogen (secondary N) is 1. The zero-order valence-electron chi connectivity index (χ0n) is 9.62. The first-order valence-electron chi connectivity index (χ1n) is 5.43. The second kappa shape index (κ2) is 9.67. The molecular formula is C12H18ClIN2O. The zero-order valence-corrected chi connectivity index (χ0v) is 12.6. The third-order valence-corrected chi connectivity index (χ3v) is 2.97. The summed E-state index contributed by atoms with van der Waals surface area (Å²) in [7, 11) is 0. The van der Waals surface area contributed by atoms with E-state index in [1.807, 2.05) is 0 Å². The minimum absolute atomic E-state index is 0. The molecule has 0 atom stereocenters. The molecule has 96 valence electrons. The summed E-state index contributed by atoms with van der Waals surface area (Å²) in [6, 6.07) is 8.40. The van der Waals surface area contributed by atoms with Gasteiger partial charge in [-0.1, -0.05) is 12.1 Å². The molecule has 0 radical (unpaired) electrons. The van der Waals surface area contributed by atoms with Crippen molar-refractivity contribution in [2.45, 2.75) is 19.3 Å². The molecule has 1 aromatic carbocycles. The van der Waals surface area contributed by atoms with E-state index in [0.29, 0.717) is 19.5 Å². The summed E-state index contributed by atoms with van der Waals surface area (Å²) in [5.41, 5.74) is 6.58. The minimum Gasteiger partial charge on any atom is -0.355 e. The van der Waals surface area contributed by atoms with Gasteiger partial charge in [-0.25, -0.2) is 0 Å². The molecule has 0 fully saturated rings. The number of halogens is 2. The van der Waals surface area contributed by atoms with E-state index >= 15 is 0 Å². The van der Waals surface area contributed by atoms with Crippen LogP contribution < -0.4 is 11.1 Å². The fraction of sp³-hybridized carbons (Fsp3) is 0.417. The maximum Gasteiger partial charge on any atom is 0.220 e. The maximum atomic E-state index is 11.3. The molecule has 0 saturated carbocycles. The Kier molecular flexibility index (Phi) is 9.49. The number of carbonyl (C=O) groups excluding carboxylic acids is 1. The molecule has 0 aromatic heterocycles. The Morgan fingerprint density at radius 3 is 2.53 bits per heavy atom. The van der Waals surface area contributed by atoms with Crippen LogP contribution in [0.2, 0.25) is 0 Å². The van der Waals surface area contributed by atoms with Crippen LogP contribution in [0.25, 0.3) is 0 Å². The van der Waals surface area contributed by atoms with Crippen LogP contribution in [0, 0.1) is 3.57 Å². The van der Waals surface area contributed by atoms with Crippen molar-refractivity contribution in [2.24, 2.45) is 5.73 Å². The van der Waals surface area contributed by atoms with Crippen molar-refractivity contribution < 1.29 is 4.79 Å². The van der Waals surface area contributed by atoms with Crippen molar-refractivity contribution >= 4 is 40.9 Å². The van der Waals surface area contributed by atoms with Gasteiger partial charge in [0.15, 0.2) is 0 Å². The number of hydrogen-bond donors (Lipinski definition) is 2. The number of nitrogens with two attached hydrogens (primary N) is 1. The first kappa shape index (κ1) is 16.7. The van der Waals surface area contributed by atoms with Gasteiger partial charge in [-0.2, -0.15) is 0 Å². The van der Waals surface area contributed by atoms with Crippen LogP contribution in [-0.4, -0.2) is 19.0 Å². The van der Waals surface area contributed by atoms with Crippen LogP contribution in [-0.2, 0) is 11.2 Å². The van der Waals surface area contributed by atoms with Crippen LogP contribution in [0.5, 0.6) is 0 Å². The average Bonchev–Trinajstić information content (AvgIpc) is 2.29. The Morgan fingerprint density at radius 1 is 1.29 bits per heavy atom. The summed E-state index contributed by atoms with van der Waals surface area (Å²) >= 11 is 2.28. The lowest BCUT2D eigenvalue weighted by Gasteiger charge is -2.03. The van der Waals surface area contributed by atoms with E-state index in [4.69, 9.17) is 5.73 Å². The predicted octanol–water partition coefficient (Wildman–Crippen LogP) is 2.11. The molecule has 0 heterocycles. The fourth-order valence-electron chi connectivity index (χ4n) is 1.40. The molecule has 1 amide bonds. The molecule has 17 heavy (non-hydrogen) atoms. The Balaban J connectivity index is 0.00000256. The largest absolute Gasteiger partial charge is 0.355 e. The van der Waals surface area contributed by atoms with Crippen molar-refractivity contribution in [2.75, 3.05) is 13.1 Å². The van der Waals surface area contributed by atoms with E-state index in [2.05, 4.69) is 52.2 Å². The number of aryl methyl sites for hydroxylation is 1. The Labute approximate surface area is 122 Å². The molecule has 1 rings (SSSR count). The summed E-state index contributed by atoms with van der Waals surface area (Å²) < 4.78 is 1.24. The molecule has 0 spiro atoms. The molecule has 1 aromatic rings. The van der Waals surface area contributed by atoms with Gasteiger partial charge in [0.25, 0.3) is 0 Å². The van der Waals surface area contributed by atoms with E-state index in [1.54, 1.807) is 0 Å². The summed E-state index contributed by atoms with van der Waals surface area (Å²) in [5.74, 6) is 0.0935. The van der Waals surface area contributed by atoms with E-state index in [0.717, 1.165) is 12.8 Å². The summed E-state index contributed by atoms with van der Waals surface area (Å²) in [6.45, 7) is 1.07. The highest BCUT2D eigenvalue weighted by Gasteiger charge is 2.00. The summed E-state index contributed by atoms with van der Waals surface area (Å²) in [6.07, 6.45) is 2.41. The first-order chi connectivity index (χ1) is 7.72. The lowest BCUT2D eigenvalue weighted by atomic mass is 10.1. The number of rotatable bonds is 6. The van der Waals surface area contributed by atoms with Crippen LogP contribution in [0.4, 0.5) is 0 Å². The van der Waals surface area contributed by atoms with Crippen molar-refractivity contribution in [1.29, 1.82) is 0 Å².